The summed E-state index contributed by atoms with van der Waals surface area (Å²) in [6.07, 6.45) is 0.793. The number of methoxy groups -OCH3 is 2. The van der Waals surface area contributed by atoms with Gasteiger partial charge < -0.3 is 19.9 Å². The molecule has 6 heteroatoms. The second-order valence-electron chi connectivity index (χ2n) is 4.55. The van der Waals surface area contributed by atoms with Crippen molar-refractivity contribution in [2.45, 2.75) is 6.10 Å². The fourth-order valence-electron chi connectivity index (χ4n) is 1.97. The van der Waals surface area contributed by atoms with Crippen LogP contribution in [0.2, 0.25) is 0 Å². The minimum Gasteiger partial charge on any atom is -0.497 e. The molecular formula is C16H17N3O3. The Bertz CT molecular complexity index is 660. The average molecular weight is 299 g/mol. The minimum atomic E-state index is -0.794. The van der Waals surface area contributed by atoms with Crippen LogP contribution in [0.5, 0.6) is 11.5 Å². The average Bonchev–Trinajstić information content (AvgIpc) is 2.59. The topological polar surface area (TPSA) is 87.4 Å². The van der Waals surface area contributed by atoms with E-state index in [1.165, 1.54) is 0 Å². The number of hydrogen-bond acceptors (Lipinski definition) is 6. The van der Waals surface area contributed by atoms with E-state index in [0.29, 0.717) is 28.4 Å². The van der Waals surface area contributed by atoms with Crippen molar-refractivity contribution in [3.63, 3.8) is 0 Å². The number of hydrogen-bond donors (Lipinski definition) is 2. The zero-order valence-corrected chi connectivity index (χ0v) is 12.4. The van der Waals surface area contributed by atoms with E-state index in [9.17, 15) is 5.11 Å². The number of anilines is 1. The number of ether oxygens (including phenoxy) is 2. The van der Waals surface area contributed by atoms with Crippen LogP contribution in [0, 0.1) is 11.3 Å². The monoisotopic (exact) mass is 299 g/mol. The van der Waals surface area contributed by atoms with Crippen LogP contribution < -0.4 is 14.8 Å². The number of nitrogens with zero attached hydrogens (tertiary/aromatic N) is 2. The molecule has 0 fully saturated rings. The Labute approximate surface area is 128 Å². The standard InChI is InChI=1S/C16H17N3O3/c1-21-13-6-12(7-14(8-13)22-2)15(20)10-19-16-11(9-17)4-3-5-18-16/h3-8,15,20H,10H2,1-2H3,(H,18,19)/t15-/m1/s1. The lowest BCUT2D eigenvalue weighted by Gasteiger charge is -2.15. The molecule has 114 valence electrons. The molecule has 0 aliphatic carbocycles. The van der Waals surface area contributed by atoms with Gasteiger partial charge in [-0.05, 0) is 29.8 Å². The van der Waals surface area contributed by atoms with E-state index in [-0.39, 0.29) is 6.54 Å². The fraction of sp³-hybridized carbons (Fsp3) is 0.250. The van der Waals surface area contributed by atoms with Crippen molar-refractivity contribution >= 4 is 5.82 Å². The van der Waals surface area contributed by atoms with Gasteiger partial charge in [-0.2, -0.15) is 5.26 Å². The maximum atomic E-state index is 10.3. The van der Waals surface area contributed by atoms with Crippen LogP contribution in [-0.2, 0) is 0 Å². The minimum absolute atomic E-state index is 0.210. The van der Waals surface area contributed by atoms with Crippen LogP contribution >= 0.6 is 0 Å². The summed E-state index contributed by atoms with van der Waals surface area (Å²) in [6, 6.07) is 10.6. The number of nitrogens with one attached hydrogen (secondary N) is 1. The van der Waals surface area contributed by atoms with Gasteiger partial charge in [-0.25, -0.2) is 4.98 Å². The highest BCUT2D eigenvalue weighted by atomic mass is 16.5. The first kappa shape index (κ1) is 15.6. The summed E-state index contributed by atoms with van der Waals surface area (Å²) in [5.74, 6) is 1.65. The van der Waals surface area contributed by atoms with E-state index in [2.05, 4.69) is 10.3 Å². The first-order chi connectivity index (χ1) is 10.7. The molecule has 1 aromatic heterocycles. The predicted octanol–water partition coefficient (Wildman–Crippen LogP) is 2.12. The SMILES string of the molecule is COc1cc(OC)cc([C@H](O)CNc2ncccc2C#N)c1. The van der Waals surface area contributed by atoms with Crippen LogP contribution in [0.25, 0.3) is 0 Å². The summed E-state index contributed by atoms with van der Waals surface area (Å²) >= 11 is 0. The smallest absolute Gasteiger partial charge is 0.143 e. The molecule has 0 saturated heterocycles. The van der Waals surface area contributed by atoms with Gasteiger partial charge in [-0.1, -0.05) is 0 Å². The Kier molecular flexibility index (Phi) is 5.17. The molecule has 0 saturated carbocycles. The zero-order valence-electron chi connectivity index (χ0n) is 12.4. The molecule has 0 aliphatic heterocycles. The van der Waals surface area contributed by atoms with Crippen molar-refractivity contribution in [2.24, 2.45) is 0 Å². The number of aliphatic hydroxyl groups excluding tert-OH is 1. The molecule has 0 amide bonds. The van der Waals surface area contributed by atoms with Gasteiger partial charge in [0.1, 0.15) is 23.4 Å². The maximum Gasteiger partial charge on any atom is 0.143 e. The van der Waals surface area contributed by atoms with Crippen molar-refractivity contribution in [3.05, 3.63) is 47.7 Å². The zero-order chi connectivity index (χ0) is 15.9. The van der Waals surface area contributed by atoms with E-state index in [1.807, 2.05) is 6.07 Å². The van der Waals surface area contributed by atoms with Crippen molar-refractivity contribution in [1.29, 1.82) is 5.26 Å². The first-order valence-electron chi connectivity index (χ1n) is 6.68. The number of aromatic nitrogens is 1. The van der Waals surface area contributed by atoms with Gasteiger partial charge in [-0.15, -0.1) is 0 Å². The van der Waals surface area contributed by atoms with E-state index in [4.69, 9.17) is 14.7 Å². The van der Waals surface area contributed by atoms with Crippen molar-refractivity contribution in [2.75, 3.05) is 26.1 Å². The molecule has 0 spiro atoms. The summed E-state index contributed by atoms with van der Waals surface area (Å²) in [6.45, 7) is 0.210. The lowest BCUT2D eigenvalue weighted by atomic mass is 10.1. The van der Waals surface area contributed by atoms with E-state index >= 15 is 0 Å². The van der Waals surface area contributed by atoms with Crippen molar-refractivity contribution in [3.8, 4) is 17.6 Å². The highest BCUT2D eigenvalue weighted by Gasteiger charge is 2.12. The Balaban J connectivity index is 2.12. The first-order valence-corrected chi connectivity index (χ1v) is 6.68. The Morgan fingerprint density at radius 3 is 2.55 bits per heavy atom. The second kappa shape index (κ2) is 7.29. The van der Waals surface area contributed by atoms with Crippen LogP contribution in [0.15, 0.2) is 36.5 Å². The van der Waals surface area contributed by atoms with Crippen LogP contribution in [-0.4, -0.2) is 30.9 Å². The Morgan fingerprint density at radius 2 is 1.95 bits per heavy atom. The Morgan fingerprint density at radius 1 is 1.27 bits per heavy atom. The summed E-state index contributed by atoms with van der Waals surface area (Å²) in [5, 5.41) is 22.3. The molecule has 22 heavy (non-hydrogen) atoms. The summed E-state index contributed by atoms with van der Waals surface area (Å²) in [7, 11) is 3.10. The largest absolute Gasteiger partial charge is 0.497 e. The van der Waals surface area contributed by atoms with E-state index in [1.54, 1.807) is 50.7 Å². The quantitative estimate of drug-likeness (QED) is 0.849. The third-order valence-corrected chi connectivity index (χ3v) is 3.15. The molecule has 0 radical (unpaired) electrons. The van der Waals surface area contributed by atoms with Gasteiger partial charge in [-0.3, -0.25) is 0 Å². The number of rotatable bonds is 6. The molecule has 0 aliphatic rings. The molecule has 0 unspecified atom stereocenters. The summed E-state index contributed by atoms with van der Waals surface area (Å²) in [5.41, 5.74) is 1.08. The predicted molar refractivity (Wildman–Crippen MR) is 81.9 cm³/mol. The molecule has 1 atom stereocenters. The van der Waals surface area contributed by atoms with Crippen LogP contribution in [0.3, 0.4) is 0 Å². The fourth-order valence-corrected chi connectivity index (χ4v) is 1.97. The number of pyridine rings is 1. The van der Waals surface area contributed by atoms with Gasteiger partial charge in [0.25, 0.3) is 0 Å². The summed E-state index contributed by atoms with van der Waals surface area (Å²) in [4.78, 5) is 4.09. The van der Waals surface area contributed by atoms with Gasteiger partial charge in [0.05, 0.1) is 25.9 Å². The van der Waals surface area contributed by atoms with Gasteiger partial charge >= 0.3 is 0 Å². The number of nitriles is 1. The molecule has 6 nitrogen and oxygen atoms in total. The van der Waals surface area contributed by atoms with Crippen LogP contribution in [0.4, 0.5) is 5.82 Å². The van der Waals surface area contributed by atoms with Crippen molar-refractivity contribution in [1.82, 2.24) is 4.98 Å². The lowest BCUT2D eigenvalue weighted by molar-refractivity contribution is 0.190. The number of aliphatic hydroxyl groups is 1. The second-order valence-corrected chi connectivity index (χ2v) is 4.55. The normalized spacial score (nSPS) is 11.4. The van der Waals surface area contributed by atoms with Gasteiger partial charge in [0.15, 0.2) is 0 Å². The highest BCUT2D eigenvalue weighted by molar-refractivity contribution is 5.51. The molecule has 1 heterocycles. The van der Waals surface area contributed by atoms with Gasteiger partial charge in [0, 0.05) is 18.8 Å². The highest BCUT2D eigenvalue weighted by Crippen LogP contribution is 2.26. The Hall–Kier alpha value is -2.78. The van der Waals surface area contributed by atoms with Crippen LogP contribution in [0.1, 0.15) is 17.2 Å². The lowest BCUT2D eigenvalue weighted by Crippen LogP contribution is -2.14. The molecule has 2 aromatic rings. The van der Waals surface area contributed by atoms with Gasteiger partial charge in [0.2, 0.25) is 0 Å². The molecule has 1 aromatic carbocycles. The third kappa shape index (κ3) is 3.65. The third-order valence-electron chi connectivity index (χ3n) is 3.15. The molecule has 2 N–H and O–H groups in total. The van der Waals surface area contributed by atoms with E-state index in [0.717, 1.165) is 0 Å². The van der Waals surface area contributed by atoms with E-state index < -0.39 is 6.10 Å². The van der Waals surface area contributed by atoms with Crippen molar-refractivity contribution < 1.29 is 14.6 Å². The maximum absolute atomic E-state index is 10.3. The molecular weight excluding hydrogens is 282 g/mol. The summed E-state index contributed by atoms with van der Waals surface area (Å²) < 4.78 is 10.4. The molecule has 0 bridgehead atoms. The number of benzene rings is 1. The molecule has 2 rings (SSSR count).